The van der Waals surface area contributed by atoms with E-state index in [1.807, 2.05) is 0 Å². The van der Waals surface area contributed by atoms with E-state index >= 15 is 0 Å². The quantitative estimate of drug-likeness (QED) is 0.586. The Balaban J connectivity index is 5.63. The van der Waals surface area contributed by atoms with Crippen LogP contribution in [0, 0.1) is 0 Å². The normalized spacial score (nSPS) is 13.6. The summed E-state index contributed by atoms with van der Waals surface area (Å²) in [6, 6.07) is -1.42. The largest absolute Gasteiger partial charge is 0.445 e. The highest BCUT2D eigenvalue weighted by Gasteiger charge is 2.63. The van der Waals surface area contributed by atoms with Crippen molar-refractivity contribution in [2.24, 2.45) is 0 Å². The zero-order chi connectivity index (χ0) is 14.1. The fraction of sp³-hybridized carbons (Fsp3) is 0.750. The Labute approximate surface area is 94.0 Å². The maximum absolute atomic E-state index is 12.2. The molecule has 100 valence electrons. The number of carbonyl (C=O) groups excluding carboxylic acids is 2. The lowest BCUT2D eigenvalue weighted by Gasteiger charge is -2.27. The molecule has 0 heterocycles. The molecule has 0 N–H and O–H groups in total. The molecule has 0 aromatic carbocycles. The van der Waals surface area contributed by atoms with Crippen molar-refractivity contribution in [2.45, 2.75) is 38.3 Å². The lowest BCUT2D eigenvalue weighted by molar-refractivity contribution is -0.169. The van der Waals surface area contributed by atoms with Crippen LogP contribution in [0.4, 0.5) is 26.3 Å². The molecular weight excluding hydrogens is 270 g/mol. The number of carbonyl (C=O) groups is 2. The highest BCUT2D eigenvalue weighted by molar-refractivity contribution is 7.25. The summed E-state index contributed by atoms with van der Waals surface area (Å²) in [4.78, 5) is 22.1. The van der Waals surface area contributed by atoms with Gasteiger partial charge in [-0.15, -0.1) is 0 Å². The highest BCUT2D eigenvalue weighted by atomic mass is 28.3. The molecule has 0 aliphatic carbocycles. The van der Waals surface area contributed by atoms with Crippen LogP contribution in [0.5, 0.6) is 0 Å². The first-order chi connectivity index (χ1) is 7.43. The van der Waals surface area contributed by atoms with Gasteiger partial charge in [-0.05, 0) is 12.1 Å². The molecule has 0 unspecified atom stereocenters. The van der Waals surface area contributed by atoms with Gasteiger partial charge < -0.3 is 0 Å². The number of hydrogen-bond acceptors (Lipinski definition) is 2. The van der Waals surface area contributed by atoms with Gasteiger partial charge >= 0.3 is 12.4 Å². The number of rotatable bonds is 4. The topological polar surface area (TPSA) is 34.1 Å². The molecule has 0 spiro atoms. The number of hydrogen-bond donors (Lipinski definition) is 0. The molecule has 0 aromatic rings. The molecule has 0 aliphatic rings. The molecule has 0 rings (SSSR count). The molecule has 9 heteroatoms. The minimum absolute atomic E-state index is 0.708. The van der Waals surface area contributed by atoms with Gasteiger partial charge in [0.05, 0.1) is 0 Å². The number of alkyl halides is 6. The van der Waals surface area contributed by atoms with Crippen LogP contribution in [-0.4, -0.2) is 31.2 Å². The molecule has 17 heavy (non-hydrogen) atoms. The first-order valence-corrected chi connectivity index (χ1v) is 7.08. The van der Waals surface area contributed by atoms with Crippen LogP contribution in [-0.2, 0) is 9.59 Å². The maximum atomic E-state index is 12.2. The second kappa shape index (κ2) is 4.79. The Morgan fingerprint density at radius 3 is 1.18 bits per heavy atom. The predicted molar refractivity (Wildman–Crippen MR) is 48.8 cm³/mol. The molecule has 0 saturated carbocycles. The van der Waals surface area contributed by atoms with Crippen molar-refractivity contribution in [3.05, 3.63) is 0 Å². The smallest absolute Gasteiger partial charge is 0.295 e. The summed E-state index contributed by atoms with van der Waals surface area (Å²) in [6.07, 6.45) is -10.8. The van der Waals surface area contributed by atoms with Crippen molar-refractivity contribution in [1.29, 1.82) is 0 Å². The molecule has 0 amide bonds. The van der Waals surface area contributed by atoms with E-state index in [1.54, 1.807) is 0 Å². The van der Waals surface area contributed by atoms with Gasteiger partial charge in [0.25, 0.3) is 0 Å². The Morgan fingerprint density at radius 1 is 0.824 bits per heavy atom. The molecule has 0 saturated heterocycles. The molecular formula is C8H10F6O2Si. The second-order valence-corrected chi connectivity index (χ2v) is 7.93. The summed E-state index contributed by atoms with van der Waals surface area (Å²) in [6.45, 7) is 2.01. The first kappa shape index (κ1) is 16.1. The average Bonchev–Trinajstić information content (AvgIpc) is 2.17. The lowest BCUT2D eigenvalue weighted by Crippen LogP contribution is -2.61. The zero-order valence-corrected chi connectivity index (χ0v) is 10.00. The van der Waals surface area contributed by atoms with E-state index in [-0.39, 0.29) is 0 Å². The van der Waals surface area contributed by atoms with Crippen LogP contribution in [0.25, 0.3) is 0 Å². The Morgan fingerprint density at radius 2 is 1.06 bits per heavy atom. The minimum Gasteiger partial charge on any atom is -0.295 e. The van der Waals surface area contributed by atoms with Crippen LogP contribution in [0.15, 0.2) is 0 Å². The molecule has 0 aromatic heterocycles. The van der Waals surface area contributed by atoms with Crippen LogP contribution >= 0.6 is 0 Å². The summed E-state index contributed by atoms with van der Waals surface area (Å²) in [7, 11) is -4.75. The van der Waals surface area contributed by atoms with Crippen LogP contribution in [0.1, 0.15) is 13.8 Å². The minimum atomic E-state index is -5.40. The third-order valence-electron chi connectivity index (χ3n) is 2.59. The fourth-order valence-electron chi connectivity index (χ4n) is 1.54. The molecule has 0 aliphatic heterocycles. The van der Waals surface area contributed by atoms with Crippen LogP contribution in [0.3, 0.4) is 0 Å². The Bertz CT molecular complexity index is 287. The van der Waals surface area contributed by atoms with Crippen molar-refractivity contribution in [2.75, 3.05) is 0 Å². The lowest BCUT2D eigenvalue weighted by atomic mass is 10.7. The van der Waals surface area contributed by atoms with Gasteiger partial charge in [0.15, 0.2) is 0 Å². The van der Waals surface area contributed by atoms with Gasteiger partial charge in [-0.25, -0.2) is 0 Å². The van der Waals surface area contributed by atoms with Gasteiger partial charge in [0, 0.05) is 0 Å². The molecule has 0 radical (unpaired) electrons. The van der Waals surface area contributed by atoms with E-state index in [4.69, 9.17) is 0 Å². The molecule has 0 atom stereocenters. The third-order valence-corrected chi connectivity index (χ3v) is 7.31. The van der Waals surface area contributed by atoms with Crippen molar-refractivity contribution in [3.63, 3.8) is 0 Å². The summed E-state index contributed by atoms with van der Waals surface area (Å²) >= 11 is 0. The van der Waals surface area contributed by atoms with E-state index in [1.165, 1.54) is 0 Å². The molecule has 2 nitrogen and oxygen atoms in total. The van der Waals surface area contributed by atoms with E-state index in [0.717, 1.165) is 13.8 Å². The highest BCUT2D eigenvalue weighted by Crippen LogP contribution is 2.33. The third kappa shape index (κ3) is 3.08. The molecule has 0 bridgehead atoms. The van der Waals surface area contributed by atoms with Gasteiger partial charge in [0.1, 0.15) is 0 Å². The second-order valence-electron chi connectivity index (χ2n) is 3.44. The fourth-order valence-corrected chi connectivity index (χ4v) is 4.61. The average molecular weight is 280 g/mol. The SMILES string of the molecule is CC[Si](CC)(C(=O)C(F)(F)F)C(=O)C(F)(F)F. The Kier molecular flexibility index (Phi) is 4.54. The summed E-state index contributed by atoms with van der Waals surface area (Å²) < 4.78 is 73.4. The van der Waals surface area contributed by atoms with Gasteiger partial charge in [-0.3, -0.25) is 9.59 Å². The van der Waals surface area contributed by atoms with Crippen LogP contribution < -0.4 is 0 Å². The van der Waals surface area contributed by atoms with Crippen molar-refractivity contribution >= 4 is 18.9 Å². The predicted octanol–water partition coefficient (Wildman–Crippen LogP) is 2.82. The van der Waals surface area contributed by atoms with Gasteiger partial charge in [0.2, 0.25) is 18.9 Å². The monoisotopic (exact) mass is 280 g/mol. The Hall–Kier alpha value is -0.863. The van der Waals surface area contributed by atoms with Crippen LogP contribution in [0.2, 0.25) is 12.1 Å². The first-order valence-electron chi connectivity index (χ1n) is 4.66. The summed E-state index contributed by atoms with van der Waals surface area (Å²) in [5.41, 5.74) is 0. The van der Waals surface area contributed by atoms with E-state index in [9.17, 15) is 35.9 Å². The van der Waals surface area contributed by atoms with Crippen molar-refractivity contribution < 1.29 is 35.9 Å². The van der Waals surface area contributed by atoms with Crippen molar-refractivity contribution in [3.8, 4) is 0 Å². The van der Waals surface area contributed by atoms with E-state index in [0.29, 0.717) is 0 Å². The standard InChI is InChI=1S/C8H10F6O2Si/c1-3-17(4-2,5(15)7(9,10)11)6(16)8(12,13)14/h3-4H2,1-2H3. The number of halogens is 6. The summed E-state index contributed by atoms with van der Waals surface area (Å²) in [5.74, 6) is 0. The van der Waals surface area contributed by atoms with E-state index in [2.05, 4.69) is 0 Å². The van der Waals surface area contributed by atoms with Gasteiger partial charge in [-0.2, -0.15) is 26.3 Å². The maximum Gasteiger partial charge on any atom is 0.445 e. The van der Waals surface area contributed by atoms with E-state index < -0.39 is 43.3 Å². The molecule has 0 fully saturated rings. The summed E-state index contributed by atoms with van der Waals surface area (Å²) in [5, 5.41) is -5.00. The van der Waals surface area contributed by atoms with Crippen molar-refractivity contribution in [1.82, 2.24) is 0 Å². The van der Waals surface area contributed by atoms with Gasteiger partial charge in [-0.1, -0.05) is 13.8 Å². The zero-order valence-electron chi connectivity index (χ0n) is 9.00.